The van der Waals surface area contributed by atoms with Gasteiger partial charge in [-0.25, -0.2) is 0 Å². The van der Waals surface area contributed by atoms with Crippen LogP contribution in [0.3, 0.4) is 0 Å². The van der Waals surface area contributed by atoms with Gasteiger partial charge in [-0.3, -0.25) is 4.99 Å². The van der Waals surface area contributed by atoms with Crippen molar-refractivity contribution in [3.05, 3.63) is 12.2 Å². The molecule has 0 fully saturated rings. The summed E-state index contributed by atoms with van der Waals surface area (Å²) in [6, 6.07) is 0.431. The second kappa shape index (κ2) is 1.49. The molecular weight excluding hydrogens is 86.1 g/mol. The van der Waals surface area contributed by atoms with Gasteiger partial charge < -0.3 is 0 Å². The first-order valence-corrected chi connectivity index (χ1v) is 2.51. The van der Waals surface area contributed by atoms with Gasteiger partial charge in [-0.15, -0.1) is 0 Å². The predicted molar refractivity (Wildman–Crippen MR) is 31.7 cm³/mol. The number of allylic oxidation sites excluding steroid dienone is 1. The first-order valence-electron chi connectivity index (χ1n) is 2.51. The maximum absolute atomic E-state index is 4.19. The van der Waals surface area contributed by atoms with Gasteiger partial charge in [-0.1, -0.05) is 6.08 Å². The second-order valence-corrected chi connectivity index (χ2v) is 1.87. The molecule has 0 bridgehead atoms. The van der Waals surface area contributed by atoms with E-state index in [9.17, 15) is 0 Å². The van der Waals surface area contributed by atoms with Crippen molar-refractivity contribution >= 4 is 5.71 Å². The van der Waals surface area contributed by atoms with E-state index < -0.39 is 0 Å². The summed E-state index contributed by atoms with van der Waals surface area (Å²) in [6.45, 7) is 4.09. The molecule has 1 aliphatic heterocycles. The number of hydrogen-bond donors (Lipinski definition) is 0. The topological polar surface area (TPSA) is 12.4 Å². The van der Waals surface area contributed by atoms with Gasteiger partial charge in [0.2, 0.25) is 0 Å². The Balaban J connectivity index is 2.69. The molecule has 0 spiro atoms. The van der Waals surface area contributed by atoms with E-state index in [-0.39, 0.29) is 0 Å². The van der Waals surface area contributed by atoms with Crippen molar-refractivity contribution in [2.75, 3.05) is 0 Å². The fourth-order valence-electron chi connectivity index (χ4n) is 0.686. The fraction of sp³-hybridized carbons (Fsp3) is 0.500. The minimum absolute atomic E-state index is 0.431. The number of aliphatic imine (C=N–C) groups is 1. The van der Waals surface area contributed by atoms with E-state index in [4.69, 9.17) is 0 Å². The number of rotatable bonds is 0. The smallest absolute Gasteiger partial charge is 0.0658 e. The average Bonchev–Trinajstić information content (AvgIpc) is 1.87. The molecule has 0 saturated carbocycles. The van der Waals surface area contributed by atoms with Crippen molar-refractivity contribution in [3.8, 4) is 0 Å². The van der Waals surface area contributed by atoms with Crippen LogP contribution in [0.1, 0.15) is 13.8 Å². The maximum atomic E-state index is 4.19. The lowest BCUT2D eigenvalue weighted by Gasteiger charge is -1.86. The van der Waals surface area contributed by atoms with Crippen molar-refractivity contribution in [2.45, 2.75) is 19.9 Å². The van der Waals surface area contributed by atoms with Crippen molar-refractivity contribution in [1.29, 1.82) is 0 Å². The van der Waals surface area contributed by atoms with Crippen LogP contribution in [0.15, 0.2) is 17.1 Å². The van der Waals surface area contributed by atoms with E-state index in [1.807, 2.05) is 13.0 Å². The summed E-state index contributed by atoms with van der Waals surface area (Å²) in [5.41, 5.74) is 1.15. The van der Waals surface area contributed by atoms with Crippen LogP contribution in [0.4, 0.5) is 0 Å². The fourth-order valence-corrected chi connectivity index (χ4v) is 0.686. The summed E-state index contributed by atoms with van der Waals surface area (Å²) < 4.78 is 0. The maximum Gasteiger partial charge on any atom is 0.0658 e. The Morgan fingerprint density at radius 3 is 2.57 bits per heavy atom. The van der Waals surface area contributed by atoms with Gasteiger partial charge in [-0.2, -0.15) is 0 Å². The van der Waals surface area contributed by atoms with Gasteiger partial charge in [0.05, 0.1) is 6.04 Å². The van der Waals surface area contributed by atoms with Crippen LogP contribution in [0.2, 0.25) is 0 Å². The lowest BCUT2D eigenvalue weighted by Crippen LogP contribution is -1.85. The average molecular weight is 95.1 g/mol. The van der Waals surface area contributed by atoms with E-state index in [0.717, 1.165) is 5.71 Å². The molecule has 0 aromatic carbocycles. The van der Waals surface area contributed by atoms with Crippen molar-refractivity contribution in [1.82, 2.24) is 0 Å². The zero-order valence-corrected chi connectivity index (χ0v) is 4.68. The molecule has 0 radical (unpaired) electrons. The molecule has 1 heterocycles. The van der Waals surface area contributed by atoms with Gasteiger partial charge in [0.25, 0.3) is 0 Å². The van der Waals surface area contributed by atoms with E-state index in [1.54, 1.807) is 0 Å². The van der Waals surface area contributed by atoms with E-state index in [0.29, 0.717) is 6.04 Å². The minimum Gasteiger partial charge on any atom is -0.283 e. The third-order valence-corrected chi connectivity index (χ3v) is 1.02. The molecule has 1 unspecified atom stereocenters. The predicted octanol–water partition coefficient (Wildman–Crippen LogP) is 1.41. The zero-order valence-electron chi connectivity index (χ0n) is 4.68. The Labute approximate surface area is 43.8 Å². The second-order valence-electron chi connectivity index (χ2n) is 1.87. The third kappa shape index (κ3) is 0.889. The van der Waals surface area contributed by atoms with Gasteiger partial charge in [-0.05, 0) is 19.9 Å². The molecule has 0 aliphatic carbocycles. The monoisotopic (exact) mass is 95.1 g/mol. The van der Waals surface area contributed by atoms with Crippen LogP contribution in [-0.4, -0.2) is 11.8 Å². The third-order valence-electron chi connectivity index (χ3n) is 1.02. The van der Waals surface area contributed by atoms with Gasteiger partial charge in [0.15, 0.2) is 0 Å². The Hall–Kier alpha value is -0.590. The van der Waals surface area contributed by atoms with E-state index in [2.05, 4.69) is 18.0 Å². The molecule has 1 rings (SSSR count). The summed E-state index contributed by atoms with van der Waals surface area (Å²) >= 11 is 0. The molecule has 0 amide bonds. The minimum atomic E-state index is 0.431. The van der Waals surface area contributed by atoms with Crippen LogP contribution in [0, 0.1) is 0 Å². The van der Waals surface area contributed by atoms with Crippen LogP contribution >= 0.6 is 0 Å². The quantitative estimate of drug-likeness (QED) is 0.431. The lowest BCUT2D eigenvalue weighted by molar-refractivity contribution is 0.946. The van der Waals surface area contributed by atoms with Gasteiger partial charge in [0, 0.05) is 5.71 Å². The van der Waals surface area contributed by atoms with Gasteiger partial charge >= 0.3 is 0 Å². The summed E-state index contributed by atoms with van der Waals surface area (Å²) in [5.74, 6) is 0. The summed E-state index contributed by atoms with van der Waals surface area (Å²) in [4.78, 5) is 4.19. The molecule has 0 aromatic heterocycles. The number of hydrogen-bond acceptors (Lipinski definition) is 1. The molecular formula is C6H9N. The van der Waals surface area contributed by atoms with Crippen molar-refractivity contribution in [2.24, 2.45) is 4.99 Å². The highest BCUT2D eigenvalue weighted by molar-refractivity contribution is 5.94. The van der Waals surface area contributed by atoms with Gasteiger partial charge in [0.1, 0.15) is 0 Å². The largest absolute Gasteiger partial charge is 0.283 e. The van der Waals surface area contributed by atoms with Crippen LogP contribution in [0.25, 0.3) is 0 Å². The molecule has 1 atom stereocenters. The van der Waals surface area contributed by atoms with E-state index in [1.165, 1.54) is 0 Å². The SMILES string of the molecule is CC1=NC(C)C=C1. The molecule has 1 heteroatoms. The Kier molecular flexibility index (Phi) is 0.970. The van der Waals surface area contributed by atoms with Crippen LogP contribution in [0.5, 0.6) is 0 Å². The molecule has 1 aliphatic rings. The first-order chi connectivity index (χ1) is 3.29. The van der Waals surface area contributed by atoms with Crippen LogP contribution < -0.4 is 0 Å². The highest BCUT2D eigenvalue weighted by Gasteiger charge is 1.97. The molecule has 38 valence electrons. The summed E-state index contributed by atoms with van der Waals surface area (Å²) in [5, 5.41) is 0. The van der Waals surface area contributed by atoms with Crippen molar-refractivity contribution in [3.63, 3.8) is 0 Å². The molecule has 7 heavy (non-hydrogen) atoms. The summed E-state index contributed by atoms with van der Waals surface area (Å²) in [6.07, 6.45) is 4.14. The standard InChI is InChI=1S/C6H9N/c1-5-3-4-6(2)7-5/h3-5H,1-2H3. The zero-order chi connectivity index (χ0) is 5.28. The highest BCUT2D eigenvalue weighted by Crippen LogP contribution is 2.00. The highest BCUT2D eigenvalue weighted by atomic mass is 14.8. The first kappa shape index (κ1) is 4.57. The lowest BCUT2D eigenvalue weighted by atomic mass is 10.3. The number of nitrogens with zero attached hydrogens (tertiary/aromatic N) is 1. The molecule has 0 N–H and O–H groups in total. The summed E-state index contributed by atoms with van der Waals surface area (Å²) in [7, 11) is 0. The molecule has 0 aromatic rings. The Morgan fingerprint density at radius 1 is 1.71 bits per heavy atom. The van der Waals surface area contributed by atoms with E-state index >= 15 is 0 Å². The normalized spacial score (nSPS) is 28.3. The van der Waals surface area contributed by atoms with Crippen LogP contribution in [-0.2, 0) is 0 Å². The molecule has 1 nitrogen and oxygen atoms in total. The Bertz CT molecular complexity index is 122. The molecule has 0 saturated heterocycles. The van der Waals surface area contributed by atoms with Crippen molar-refractivity contribution < 1.29 is 0 Å². The Morgan fingerprint density at radius 2 is 2.43 bits per heavy atom.